The van der Waals surface area contributed by atoms with Gasteiger partial charge in [0.25, 0.3) is 0 Å². The van der Waals surface area contributed by atoms with Crippen molar-refractivity contribution in [2.45, 2.75) is 32.0 Å². The van der Waals surface area contributed by atoms with Crippen LogP contribution in [0.3, 0.4) is 0 Å². The summed E-state index contributed by atoms with van der Waals surface area (Å²) < 4.78 is 40.7. The molecule has 1 amide bonds. The van der Waals surface area contributed by atoms with E-state index in [0.717, 1.165) is 25.9 Å². The van der Waals surface area contributed by atoms with Crippen LogP contribution in [-0.4, -0.2) is 53.2 Å². The van der Waals surface area contributed by atoms with Gasteiger partial charge in [-0.2, -0.15) is 13.2 Å². The normalized spacial score (nSPS) is 20.6. The zero-order valence-electron chi connectivity index (χ0n) is 13.1. The standard InChI is InChI=1S/C15H19F3N4O2/c16-15(17,18)10-24-13-20-6-11(7-21-13)8-22-9-14(5-12(22)23)1-3-19-4-2-14/h6-7,19H,1-5,8-10H2. The summed E-state index contributed by atoms with van der Waals surface area (Å²) in [5, 5.41) is 3.30. The van der Waals surface area contributed by atoms with Gasteiger partial charge in [0.2, 0.25) is 5.91 Å². The summed E-state index contributed by atoms with van der Waals surface area (Å²) in [5.41, 5.74) is 0.729. The smallest absolute Gasteiger partial charge is 0.422 e. The molecule has 132 valence electrons. The number of likely N-dealkylation sites (tertiary alicyclic amines) is 1. The monoisotopic (exact) mass is 344 g/mol. The minimum absolute atomic E-state index is 0.0545. The molecular weight excluding hydrogens is 325 g/mol. The summed E-state index contributed by atoms with van der Waals surface area (Å²) in [7, 11) is 0. The van der Waals surface area contributed by atoms with Gasteiger partial charge in [-0.25, -0.2) is 9.97 Å². The number of hydrogen-bond acceptors (Lipinski definition) is 5. The molecule has 0 unspecified atom stereocenters. The lowest BCUT2D eigenvalue weighted by Gasteiger charge is -2.33. The molecule has 9 heteroatoms. The van der Waals surface area contributed by atoms with Crippen molar-refractivity contribution in [2.75, 3.05) is 26.2 Å². The number of halogens is 3. The van der Waals surface area contributed by atoms with Crippen molar-refractivity contribution >= 4 is 5.91 Å². The molecule has 1 aromatic heterocycles. The summed E-state index contributed by atoms with van der Waals surface area (Å²) in [6, 6.07) is -0.321. The first-order valence-corrected chi connectivity index (χ1v) is 7.84. The van der Waals surface area contributed by atoms with E-state index >= 15 is 0 Å². The highest BCUT2D eigenvalue weighted by atomic mass is 19.4. The molecule has 3 heterocycles. The number of rotatable bonds is 4. The molecule has 1 spiro atoms. The minimum atomic E-state index is -4.42. The maximum atomic E-state index is 12.2. The van der Waals surface area contributed by atoms with Gasteiger partial charge < -0.3 is 15.0 Å². The van der Waals surface area contributed by atoms with Crippen LogP contribution in [-0.2, 0) is 11.3 Å². The fraction of sp³-hybridized carbons (Fsp3) is 0.667. The lowest BCUT2D eigenvalue weighted by atomic mass is 9.78. The quantitative estimate of drug-likeness (QED) is 0.897. The second-order valence-corrected chi connectivity index (χ2v) is 6.45. The molecule has 3 rings (SSSR count). The van der Waals surface area contributed by atoms with Crippen molar-refractivity contribution in [3.63, 3.8) is 0 Å². The summed E-state index contributed by atoms with van der Waals surface area (Å²) in [6.45, 7) is 1.51. The lowest BCUT2D eigenvalue weighted by molar-refractivity contribution is -0.154. The first-order chi connectivity index (χ1) is 11.4. The van der Waals surface area contributed by atoms with E-state index in [4.69, 9.17) is 0 Å². The van der Waals surface area contributed by atoms with Crippen LogP contribution in [0.2, 0.25) is 0 Å². The SMILES string of the molecule is O=C1CC2(CCNCC2)CN1Cc1cnc(OCC(F)(F)F)nc1. The fourth-order valence-electron chi connectivity index (χ4n) is 3.28. The number of nitrogens with zero attached hydrogens (tertiary/aromatic N) is 3. The average Bonchev–Trinajstić information content (AvgIpc) is 2.82. The van der Waals surface area contributed by atoms with E-state index in [2.05, 4.69) is 20.0 Å². The first kappa shape index (κ1) is 16.9. The number of hydrogen-bond donors (Lipinski definition) is 1. The second kappa shape index (κ2) is 6.54. The Bertz CT molecular complexity index is 585. The first-order valence-electron chi connectivity index (χ1n) is 7.84. The van der Waals surface area contributed by atoms with Crippen LogP contribution in [0.15, 0.2) is 12.4 Å². The number of alkyl halides is 3. The van der Waals surface area contributed by atoms with Crippen LogP contribution < -0.4 is 10.1 Å². The summed E-state index contributed by atoms with van der Waals surface area (Å²) >= 11 is 0. The molecule has 0 radical (unpaired) electrons. The predicted octanol–water partition coefficient (Wildman–Crippen LogP) is 1.52. The molecule has 1 aromatic rings. The third kappa shape index (κ3) is 4.14. The van der Waals surface area contributed by atoms with Gasteiger partial charge in [0.1, 0.15) is 0 Å². The van der Waals surface area contributed by atoms with E-state index in [1.165, 1.54) is 12.4 Å². The van der Waals surface area contributed by atoms with Crippen LogP contribution >= 0.6 is 0 Å². The van der Waals surface area contributed by atoms with Crippen molar-refractivity contribution in [1.82, 2.24) is 20.2 Å². The molecular formula is C15H19F3N4O2. The van der Waals surface area contributed by atoms with E-state index in [9.17, 15) is 18.0 Å². The van der Waals surface area contributed by atoms with Gasteiger partial charge in [-0.3, -0.25) is 4.79 Å². The van der Waals surface area contributed by atoms with Crippen LogP contribution in [0.1, 0.15) is 24.8 Å². The van der Waals surface area contributed by atoms with Gasteiger partial charge in [0.05, 0.1) is 0 Å². The number of amides is 1. The highest BCUT2D eigenvalue weighted by molar-refractivity contribution is 5.79. The van der Waals surface area contributed by atoms with Crippen molar-refractivity contribution < 1.29 is 22.7 Å². The molecule has 2 saturated heterocycles. The van der Waals surface area contributed by atoms with Gasteiger partial charge in [0, 0.05) is 37.5 Å². The molecule has 6 nitrogen and oxygen atoms in total. The third-order valence-electron chi connectivity index (χ3n) is 4.49. The molecule has 0 aliphatic carbocycles. The van der Waals surface area contributed by atoms with Crippen molar-refractivity contribution in [3.8, 4) is 6.01 Å². The average molecular weight is 344 g/mol. The minimum Gasteiger partial charge on any atom is -0.454 e. The maximum absolute atomic E-state index is 12.2. The van der Waals surface area contributed by atoms with Gasteiger partial charge in [-0.1, -0.05) is 0 Å². The van der Waals surface area contributed by atoms with Crippen LogP contribution in [0.25, 0.3) is 0 Å². The van der Waals surface area contributed by atoms with E-state index in [0.29, 0.717) is 25.1 Å². The van der Waals surface area contributed by atoms with Crippen molar-refractivity contribution in [3.05, 3.63) is 18.0 Å². The molecule has 2 aliphatic rings. The van der Waals surface area contributed by atoms with Crippen molar-refractivity contribution in [2.24, 2.45) is 5.41 Å². The number of carbonyl (C=O) groups excluding carboxylic acids is 1. The van der Waals surface area contributed by atoms with E-state index in [-0.39, 0.29) is 17.3 Å². The molecule has 24 heavy (non-hydrogen) atoms. The summed E-state index contributed by atoms with van der Waals surface area (Å²) in [5.74, 6) is 0.106. The number of piperidine rings is 1. The van der Waals surface area contributed by atoms with Gasteiger partial charge in [-0.05, 0) is 31.3 Å². The number of carbonyl (C=O) groups is 1. The highest BCUT2D eigenvalue weighted by Crippen LogP contribution is 2.39. The molecule has 0 saturated carbocycles. The number of aromatic nitrogens is 2. The molecule has 0 bridgehead atoms. The Morgan fingerprint density at radius 3 is 2.54 bits per heavy atom. The topological polar surface area (TPSA) is 67.4 Å². The predicted molar refractivity (Wildman–Crippen MR) is 78.2 cm³/mol. The van der Waals surface area contributed by atoms with Gasteiger partial charge in [0.15, 0.2) is 6.61 Å². The van der Waals surface area contributed by atoms with Crippen LogP contribution in [0.4, 0.5) is 13.2 Å². The molecule has 2 fully saturated rings. The third-order valence-corrected chi connectivity index (χ3v) is 4.49. The Morgan fingerprint density at radius 1 is 1.25 bits per heavy atom. The van der Waals surface area contributed by atoms with E-state index in [1.54, 1.807) is 4.90 Å². The Hall–Kier alpha value is -1.90. The highest BCUT2D eigenvalue weighted by Gasteiger charge is 2.43. The van der Waals surface area contributed by atoms with Crippen molar-refractivity contribution in [1.29, 1.82) is 0 Å². The zero-order chi connectivity index (χ0) is 17.2. The Balaban J connectivity index is 1.57. The molecule has 0 atom stereocenters. The summed E-state index contributed by atoms with van der Waals surface area (Å²) in [4.78, 5) is 21.6. The van der Waals surface area contributed by atoms with Gasteiger partial charge >= 0.3 is 12.2 Å². The Labute approximate surface area is 137 Å². The Kier molecular flexibility index (Phi) is 4.62. The number of ether oxygens (including phenoxy) is 1. The lowest BCUT2D eigenvalue weighted by Crippen LogP contribution is -2.38. The Morgan fingerprint density at radius 2 is 1.92 bits per heavy atom. The van der Waals surface area contributed by atoms with Gasteiger partial charge in [-0.15, -0.1) is 0 Å². The summed E-state index contributed by atoms with van der Waals surface area (Å²) in [6.07, 6.45) is 0.903. The fourth-order valence-corrected chi connectivity index (χ4v) is 3.28. The van der Waals surface area contributed by atoms with Crippen LogP contribution in [0, 0.1) is 5.41 Å². The second-order valence-electron chi connectivity index (χ2n) is 6.45. The largest absolute Gasteiger partial charge is 0.454 e. The number of nitrogens with one attached hydrogen (secondary N) is 1. The molecule has 1 N–H and O–H groups in total. The maximum Gasteiger partial charge on any atom is 0.422 e. The molecule has 0 aromatic carbocycles. The van der Waals surface area contributed by atoms with E-state index in [1.807, 2.05) is 0 Å². The van der Waals surface area contributed by atoms with Crippen LogP contribution in [0.5, 0.6) is 6.01 Å². The van der Waals surface area contributed by atoms with E-state index < -0.39 is 12.8 Å². The molecule has 2 aliphatic heterocycles. The zero-order valence-corrected chi connectivity index (χ0v) is 13.1.